The molecule has 1 aliphatic rings. The molecule has 0 fully saturated rings. The third-order valence-electron chi connectivity index (χ3n) is 6.53. The van der Waals surface area contributed by atoms with Gasteiger partial charge in [0.2, 0.25) is 0 Å². The molecular weight excluding hydrogens is 448 g/mol. The van der Waals surface area contributed by atoms with Crippen LogP contribution in [-0.4, -0.2) is 25.2 Å². The molecule has 9 nitrogen and oxygen atoms in total. The zero-order valence-electron chi connectivity index (χ0n) is 19.6. The quantitative estimate of drug-likeness (QED) is 0.333. The lowest BCUT2D eigenvalue weighted by molar-refractivity contribution is -0.385. The van der Waals surface area contributed by atoms with Gasteiger partial charge < -0.3 is 9.30 Å². The van der Waals surface area contributed by atoms with E-state index in [1.807, 2.05) is 47.1 Å². The molecular formula is C26H24N4O5. The van der Waals surface area contributed by atoms with Crippen molar-refractivity contribution in [2.24, 2.45) is 14.1 Å². The largest absolute Gasteiger partial charge is 0.366 e. The number of nitrogens with zero attached hydrogens (tertiary/aromatic N) is 4. The Kier molecular flexibility index (Phi) is 5.49. The SMILES string of the molecule is Cc1ccc(-c2c3c(=O)n(C)c(=O)n(C)c3c3n2CCO[C@@H]3/C=C/c2ccccc2)cc1[N+](=O)[O-]. The Morgan fingerprint density at radius 2 is 1.83 bits per heavy atom. The molecule has 0 spiro atoms. The first-order chi connectivity index (χ1) is 16.8. The molecule has 0 amide bonds. The number of nitro groups is 1. The number of hydrogen-bond donors (Lipinski definition) is 0. The number of hydrogen-bond acceptors (Lipinski definition) is 5. The van der Waals surface area contributed by atoms with Gasteiger partial charge in [0.1, 0.15) is 6.10 Å². The highest BCUT2D eigenvalue weighted by Gasteiger charge is 2.31. The van der Waals surface area contributed by atoms with Crippen LogP contribution in [-0.2, 0) is 25.4 Å². The molecule has 9 heteroatoms. The molecule has 2 aromatic carbocycles. The van der Waals surface area contributed by atoms with Gasteiger partial charge in [-0.2, -0.15) is 0 Å². The van der Waals surface area contributed by atoms with E-state index in [2.05, 4.69) is 0 Å². The topological polar surface area (TPSA) is 101 Å². The summed E-state index contributed by atoms with van der Waals surface area (Å²) in [4.78, 5) is 37.5. The lowest BCUT2D eigenvalue weighted by atomic mass is 10.1. The maximum atomic E-state index is 13.4. The number of fused-ring (bicyclic) bond motifs is 3. The molecule has 35 heavy (non-hydrogen) atoms. The summed E-state index contributed by atoms with van der Waals surface area (Å²) in [5.74, 6) is 0. The van der Waals surface area contributed by atoms with Gasteiger partial charge in [-0.25, -0.2) is 4.79 Å². The smallest absolute Gasteiger partial charge is 0.331 e. The minimum absolute atomic E-state index is 0.0274. The number of benzene rings is 2. The normalized spacial score (nSPS) is 15.6. The van der Waals surface area contributed by atoms with Crippen LogP contribution < -0.4 is 11.2 Å². The lowest BCUT2D eigenvalue weighted by Gasteiger charge is -2.25. The van der Waals surface area contributed by atoms with Crippen LogP contribution in [0.1, 0.15) is 22.9 Å². The molecule has 3 heterocycles. The van der Waals surface area contributed by atoms with Gasteiger partial charge in [-0.1, -0.05) is 48.5 Å². The molecule has 2 aromatic heterocycles. The molecule has 0 bridgehead atoms. The first-order valence-electron chi connectivity index (χ1n) is 11.2. The Hall–Kier alpha value is -4.24. The second-order valence-electron chi connectivity index (χ2n) is 8.63. The van der Waals surface area contributed by atoms with E-state index >= 15 is 0 Å². The average molecular weight is 473 g/mol. The van der Waals surface area contributed by atoms with E-state index in [0.29, 0.717) is 46.6 Å². The maximum Gasteiger partial charge on any atom is 0.331 e. The van der Waals surface area contributed by atoms with Crippen LogP contribution in [0, 0.1) is 17.0 Å². The summed E-state index contributed by atoms with van der Waals surface area (Å²) in [5.41, 5.74) is 2.83. The van der Waals surface area contributed by atoms with Crippen molar-refractivity contribution in [2.45, 2.75) is 19.6 Å². The van der Waals surface area contributed by atoms with Crippen LogP contribution in [0.25, 0.3) is 28.2 Å². The Labute approximate surface area is 200 Å². The summed E-state index contributed by atoms with van der Waals surface area (Å²) >= 11 is 0. The highest BCUT2D eigenvalue weighted by molar-refractivity contribution is 5.97. The minimum atomic E-state index is -0.515. The third-order valence-corrected chi connectivity index (χ3v) is 6.53. The van der Waals surface area contributed by atoms with Gasteiger partial charge in [0, 0.05) is 37.8 Å². The van der Waals surface area contributed by atoms with Crippen LogP contribution in [0.4, 0.5) is 5.69 Å². The molecule has 0 saturated heterocycles. The Morgan fingerprint density at radius 1 is 1.09 bits per heavy atom. The molecule has 0 radical (unpaired) electrons. The number of ether oxygens (including phenoxy) is 1. The van der Waals surface area contributed by atoms with Gasteiger partial charge in [0.15, 0.2) is 0 Å². The van der Waals surface area contributed by atoms with E-state index in [1.54, 1.807) is 26.1 Å². The minimum Gasteiger partial charge on any atom is -0.366 e. The van der Waals surface area contributed by atoms with E-state index < -0.39 is 22.3 Å². The van der Waals surface area contributed by atoms with Gasteiger partial charge in [0.25, 0.3) is 11.2 Å². The molecule has 0 saturated carbocycles. The molecule has 1 atom stereocenters. The van der Waals surface area contributed by atoms with Crippen molar-refractivity contribution in [3.05, 3.63) is 102 Å². The zero-order chi connectivity index (χ0) is 24.9. The number of aryl methyl sites for hydroxylation is 2. The fourth-order valence-corrected chi connectivity index (χ4v) is 4.77. The van der Waals surface area contributed by atoms with Gasteiger partial charge in [-0.3, -0.25) is 24.0 Å². The summed E-state index contributed by atoms with van der Waals surface area (Å²) in [6.45, 7) is 2.50. The predicted molar refractivity (Wildman–Crippen MR) is 133 cm³/mol. The summed E-state index contributed by atoms with van der Waals surface area (Å²) in [7, 11) is 3.06. The number of rotatable bonds is 4. The molecule has 0 unspecified atom stereocenters. The van der Waals surface area contributed by atoms with Crippen LogP contribution in [0.15, 0.2) is 64.2 Å². The van der Waals surface area contributed by atoms with Crippen molar-refractivity contribution in [3.8, 4) is 11.3 Å². The predicted octanol–water partition coefficient (Wildman–Crippen LogP) is 3.71. The Balaban J connectivity index is 1.84. The van der Waals surface area contributed by atoms with Crippen LogP contribution >= 0.6 is 0 Å². The van der Waals surface area contributed by atoms with Gasteiger partial charge in [-0.05, 0) is 18.6 Å². The van der Waals surface area contributed by atoms with Gasteiger partial charge in [-0.15, -0.1) is 0 Å². The second kappa shape index (κ2) is 8.52. The number of aromatic nitrogens is 3. The van der Waals surface area contributed by atoms with Crippen LogP contribution in [0.5, 0.6) is 0 Å². The maximum absolute atomic E-state index is 13.4. The standard InChI is InChI=1S/C26H24N4O5/c1-16-9-11-18(15-19(16)30(33)34)22-21-24(27(2)26(32)28(3)25(21)31)23-20(35-14-13-29(22)23)12-10-17-7-5-4-6-8-17/h4-12,15,20H,13-14H2,1-3H3/b12-10+/t20-/m1/s1. The van der Waals surface area contributed by atoms with Gasteiger partial charge >= 0.3 is 5.69 Å². The fourth-order valence-electron chi connectivity index (χ4n) is 4.77. The average Bonchev–Trinajstić information content (AvgIpc) is 3.21. The van der Waals surface area contributed by atoms with E-state index in [0.717, 1.165) is 10.1 Å². The molecule has 178 valence electrons. The van der Waals surface area contributed by atoms with Crippen molar-refractivity contribution < 1.29 is 9.66 Å². The zero-order valence-corrected chi connectivity index (χ0v) is 19.6. The fraction of sp³-hybridized carbons (Fsp3) is 0.231. The summed E-state index contributed by atoms with van der Waals surface area (Å²) < 4.78 is 10.6. The highest BCUT2D eigenvalue weighted by atomic mass is 16.6. The van der Waals surface area contributed by atoms with E-state index in [9.17, 15) is 19.7 Å². The van der Waals surface area contributed by atoms with E-state index in [-0.39, 0.29) is 5.69 Å². The van der Waals surface area contributed by atoms with Crippen LogP contribution in [0.2, 0.25) is 0 Å². The van der Waals surface area contributed by atoms with Crippen LogP contribution in [0.3, 0.4) is 0 Å². The van der Waals surface area contributed by atoms with E-state index in [4.69, 9.17) is 4.74 Å². The van der Waals surface area contributed by atoms with Crippen molar-refractivity contribution in [2.75, 3.05) is 6.61 Å². The van der Waals surface area contributed by atoms with Crippen molar-refractivity contribution in [3.63, 3.8) is 0 Å². The van der Waals surface area contributed by atoms with Crippen molar-refractivity contribution >= 4 is 22.7 Å². The lowest BCUT2D eigenvalue weighted by Crippen LogP contribution is -2.37. The van der Waals surface area contributed by atoms with Crippen molar-refractivity contribution in [1.29, 1.82) is 0 Å². The molecule has 0 N–H and O–H groups in total. The van der Waals surface area contributed by atoms with Crippen molar-refractivity contribution in [1.82, 2.24) is 13.7 Å². The second-order valence-corrected chi connectivity index (χ2v) is 8.63. The summed E-state index contributed by atoms with van der Waals surface area (Å²) in [6.07, 6.45) is 3.33. The van der Waals surface area contributed by atoms with E-state index in [1.165, 1.54) is 17.7 Å². The Bertz CT molecular complexity index is 1630. The highest BCUT2D eigenvalue weighted by Crippen LogP contribution is 2.39. The first-order valence-corrected chi connectivity index (χ1v) is 11.2. The molecule has 5 rings (SSSR count). The number of nitro benzene ring substituents is 1. The summed E-state index contributed by atoms with van der Waals surface area (Å²) in [5, 5.41) is 12.0. The molecule has 1 aliphatic heterocycles. The van der Waals surface area contributed by atoms with Gasteiger partial charge in [0.05, 0.1) is 33.8 Å². The molecule has 4 aromatic rings. The monoisotopic (exact) mass is 472 g/mol. The summed E-state index contributed by atoms with van der Waals surface area (Å²) in [6, 6.07) is 14.7. The molecule has 0 aliphatic carbocycles. The first kappa shape index (κ1) is 22.5. The third kappa shape index (κ3) is 3.60. The Morgan fingerprint density at radius 3 is 2.54 bits per heavy atom.